The standard InChI is InChI=1S/C19H18BrF3N4O2/c1-10-5-4-6-13-17(10)27(14-8-24-15(20)7-11(14)2)18(29)26(13)9-16(28)25-12(3)19(21,22)23/h4-8,12H,9H2,1-3H3,(H,25,28)/t12-/m0/s1. The molecule has 29 heavy (non-hydrogen) atoms. The van der Waals surface area contributed by atoms with E-state index in [1.54, 1.807) is 18.2 Å². The molecule has 0 fully saturated rings. The number of hydrogen-bond donors (Lipinski definition) is 1. The van der Waals surface area contributed by atoms with Crippen molar-refractivity contribution in [3.63, 3.8) is 0 Å². The lowest BCUT2D eigenvalue weighted by atomic mass is 10.2. The van der Waals surface area contributed by atoms with E-state index in [9.17, 15) is 22.8 Å². The molecule has 0 aliphatic rings. The zero-order valence-corrected chi connectivity index (χ0v) is 17.4. The molecule has 1 amide bonds. The van der Waals surface area contributed by atoms with Crippen molar-refractivity contribution in [3.8, 4) is 5.69 Å². The summed E-state index contributed by atoms with van der Waals surface area (Å²) in [4.78, 5) is 29.6. The van der Waals surface area contributed by atoms with Gasteiger partial charge in [0.1, 0.15) is 17.2 Å². The molecule has 0 radical (unpaired) electrons. The Labute approximate surface area is 172 Å². The maximum Gasteiger partial charge on any atom is 0.408 e. The number of aryl methyl sites for hydroxylation is 2. The first kappa shape index (κ1) is 21.1. The fourth-order valence-electron chi connectivity index (χ4n) is 3.11. The lowest BCUT2D eigenvalue weighted by Crippen LogP contribution is -2.45. The van der Waals surface area contributed by atoms with Crippen LogP contribution in [0.1, 0.15) is 18.1 Å². The minimum atomic E-state index is -4.56. The van der Waals surface area contributed by atoms with E-state index in [-0.39, 0.29) is 0 Å². The van der Waals surface area contributed by atoms with Gasteiger partial charge in [0.25, 0.3) is 0 Å². The Bertz CT molecular complexity index is 1150. The van der Waals surface area contributed by atoms with Crippen molar-refractivity contribution in [3.05, 3.63) is 56.7 Å². The number of imidazole rings is 1. The molecular formula is C19H18BrF3N4O2. The van der Waals surface area contributed by atoms with Gasteiger partial charge in [0, 0.05) is 0 Å². The van der Waals surface area contributed by atoms with Crippen LogP contribution in [0.3, 0.4) is 0 Å². The predicted octanol–water partition coefficient (Wildman–Crippen LogP) is 3.63. The topological polar surface area (TPSA) is 68.9 Å². The second kappa shape index (κ2) is 7.66. The highest BCUT2D eigenvalue weighted by Gasteiger charge is 2.37. The summed E-state index contributed by atoms with van der Waals surface area (Å²) in [5, 5.41) is 1.89. The molecular weight excluding hydrogens is 453 g/mol. The molecule has 3 aromatic rings. The molecule has 2 aromatic heterocycles. The number of carbonyl (C=O) groups is 1. The second-order valence-electron chi connectivity index (χ2n) is 6.77. The maximum absolute atomic E-state index is 13.2. The van der Waals surface area contributed by atoms with Gasteiger partial charge in [-0.05, 0) is 60.0 Å². The zero-order valence-electron chi connectivity index (χ0n) is 15.8. The number of amides is 1. The summed E-state index contributed by atoms with van der Waals surface area (Å²) >= 11 is 3.28. The van der Waals surface area contributed by atoms with E-state index in [1.807, 2.05) is 25.2 Å². The minimum absolute atomic E-state index is 0.451. The van der Waals surface area contributed by atoms with E-state index in [0.717, 1.165) is 18.1 Å². The first-order valence-electron chi connectivity index (χ1n) is 8.70. The number of nitrogens with one attached hydrogen (secondary N) is 1. The lowest BCUT2D eigenvalue weighted by molar-refractivity contribution is -0.158. The molecule has 6 nitrogen and oxygen atoms in total. The van der Waals surface area contributed by atoms with Crippen LogP contribution in [0, 0.1) is 13.8 Å². The number of aromatic nitrogens is 3. The molecule has 10 heteroatoms. The fourth-order valence-corrected chi connectivity index (χ4v) is 3.55. The van der Waals surface area contributed by atoms with Crippen molar-refractivity contribution in [1.82, 2.24) is 19.4 Å². The quantitative estimate of drug-likeness (QED) is 0.591. The first-order chi connectivity index (χ1) is 13.5. The van der Waals surface area contributed by atoms with E-state index in [1.165, 1.54) is 15.3 Å². The number of alkyl halides is 3. The van der Waals surface area contributed by atoms with Crippen LogP contribution in [0.25, 0.3) is 16.7 Å². The fraction of sp³-hybridized carbons (Fsp3) is 0.316. The first-order valence-corrected chi connectivity index (χ1v) is 9.49. The molecule has 0 aliphatic heterocycles. The molecule has 1 aromatic carbocycles. The average molecular weight is 471 g/mol. The Morgan fingerprint density at radius 1 is 1.28 bits per heavy atom. The number of halogens is 4. The average Bonchev–Trinajstić information content (AvgIpc) is 2.88. The Morgan fingerprint density at radius 3 is 2.59 bits per heavy atom. The number of pyridine rings is 1. The molecule has 0 unspecified atom stereocenters. The molecule has 0 aliphatic carbocycles. The van der Waals surface area contributed by atoms with Crippen LogP contribution in [0.15, 0.2) is 39.9 Å². The van der Waals surface area contributed by atoms with Gasteiger partial charge in [0.2, 0.25) is 5.91 Å². The minimum Gasteiger partial charge on any atom is -0.343 e. The monoisotopic (exact) mass is 470 g/mol. The largest absolute Gasteiger partial charge is 0.408 e. The highest BCUT2D eigenvalue weighted by atomic mass is 79.9. The van der Waals surface area contributed by atoms with Gasteiger partial charge in [-0.3, -0.25) is 13.9 Å². The van der Waals surface area contributed by atoms with Gasteiger partial charge in [-0.2, -0.15) is 13.2 Å². The summed E-state index contributed by atoms with van der Waals surface area (Å²) in [5.74, 6) is -0.900. The van der Waals surface area contributed by atoms with E-state index in [4.69, 9.17) is 0 Å². The highest BCUT2D eigenvalue weighted by molar-refractivity contribution is 9.10. The van der Waals surface area contributed by atoms with Gasteiger partial charge in [-0.1, -0.05) is 12.1 Å². The number of fused-ring (bicyclic) bond motifs is 1. The third-order valence-corrected chi connectivity index (χ3v) is 5.05. The highest BCUT2D eigenvalue weighted by Crippen LogP contribution is 2.24. The van der Waals surface area contributed by atoms with Crippen LogP contribution in [0.5, 0.6) is 0 Å². The van der Waals surface area contributed by atoms with Crippen LogP contribution >= 0.6 is 15.9 Å². The van der Waals surface area contributed by atoms with Crippen LogP contribution in [0.4, 0.5) is 13.2 Å². The van der Waals surface area contributed by atoms with Crippen LogP contribution in [-0.4, -0.2) is 32.2 Å². The predicted molar refractivity (Wildman–Crippen MR) is 106 cm³/mol. The van der Waals surface area contributed by atoms with Gasteiger partial charge in [-0.25, -0.2) is 9.78 Å². The van der Waals surface area contributed by atoms with Gasteiger partial charge >= 0.3 is 11.9 Å². The Hall–Kier alpha value is -2.62. The molecule has 2 heterocycles. The van der Waals surface area contributed by atoms with Crippen molar-refractivity contribution in [2.45, 2.75) is 39.5 Å². The number of rotatable bonds is 4. The summed E-state index contributed by atoms with van der Waals surface area (Å²) < 4.78 is 41.4. The lowest BCUT2D eigenvalue weighted by Gasteiger charge is -2.17. The number of hydrogen-bond acceptors (Lipinski definition) is 3. The summed E-state index contributed by atoms with van der Waals surface area (Å²) in [5.41, 5.74) is 2.57. The van der Waals surface area contributed by atoms with E-state index < -0.39 is 30.4 Å². The van der Waals surface area contributed by atoms with Crippen molar-refractivity contribution >= 4 is 32.9 Å². The second-order valence-corrected chi connectivity index (χ2v) is 7.58. The van der Waals surface area contributed by atoms with E-state index >= 15 is 0 Å². The van der Waals surface area contributed by atoms with Crippen LogP contribution in [-0.2, 0) is 11.3 Å². The zero-order chi connectivity index (χ0) is 21.5. The molecule has 1 N–H and O–H groups in total. The summed E-state index contributed by atoms with van der Waals surface area (Å²) in [6.45, 7) is 3.95. The number of carbonyl (C=O) groups excluding carboxylic acids is 1. The van der Waals surface area contributed by atoms with Crippen molar-refractivity contribution < 1.29 is 18.0 Å². The van der Waals surface area contributed by atoms with Gasteiger partial charge in [0.05, 0.1) is 22.9 Å². The molecule has 0 saturated carbocycles. The summed E-state index contributed by atoms with van der Waals surface area (Å²) in [6, 6.07) is 4.93. The third-order valence-electron chi connectivity index (χ3n) is 4.61. The Morgan fingerprint density at radius 2 is 1.97 bits per heavy atom. The Balaban J connectivity index is 2.13. The van der Waals surface area contributed by atoms with Gasteiger partial charge in [-0.15, -0.1) is 0 Å². The SMILES string of the molecule is Cc1cc(Br)ncc1-n1c(=O)n(CC(=O)N[C@@H](C)C(F)(F)F)c2cccc(C)c21. The van der Waals surface area contributed by atoms with Gasteiger partial charge in [0.15, 0.2) is 0 Å². The summed E-state index contributed by atoms with van der Waals surface area (Å²) in [7, 11) is 0. The molecule has 0 saturated heterocycles. The molecule has 0 spiro atoms. The number of para-hydroxylation sites is 1. The normalized spacial score (nSPS) is 12.9. The number of benzene rings is 1. The van der Waals surface area contributed by atoms with Crippen molar-refractivity contribution in [1.29, 1.82) is 0 Å². The summed E-state index contributed by atoms with van der Waals surface area (Å²) in [6.07, 6.45) is -3.03. The molecule has 0 bridgehead atoms. The molecule has 1 atom stereocenters. The van der Waals surface area contributed by atoms with Gasteiger partial charge < -0.3 is 5.32 Å². The molecule has 3 rings (SSSR count). The number of nitrogens with zero attached hydrogens (tertiary/aromatic N) is 3. The van der Waals surface area contributed by atoms with Crippen molar-refractivity contribution in [2.24, 2.45) is 0 Å². The van der Waals surface area contributed by atoms with Crippen LogP contribution in [0.2, 0.25) is 0 Å². The van der Waals surface area contributed by atoms with E-state index in [2.05, 4.69) is 20.9 Å². The van der Waals surface area contributed by atoms with Crippen LogP contribution < -0.4 is 11.0 Å². The van der Waals surface area contributed by atoms with Crippen molar-refractivity contribution in [2.75, 3.05) is 0 Å². The third kappa shape index (κ3) is 4.07. The Kier molecular flexibility index (Phi) is 5.57. The smallest absolute Gasteiger partial charge is 0.343 e. The van der Waals surface area contributed by atoms with E-state index in [0.29, 0.717) is 21.3 Å². The molecule has 154 valence electrons. The maximum atomic E-state index is 13.2.